The Morgan fingerprint density at radius 3 is 2.48 bits per heavy atom. The Balaban J connectivity index is 2.12. The van der Waals surface area contributed by atoms with Gasteiger partial charge < -0.3 is 14.8 Å². The van der Waals surface area contributed by atoms with Gasteiger partial charge in [0.25, 0.3) is 5.56 Å². The van der Waals surface area contributed by atoms with Gasteiger partial charge in [-0.25, -0.2) is 4.79 Å². The number of rotatable bonds is 3. The van der Waals surface area contributed by atoms with Crippen molar-refractivity contribution >= 4 is 11.6 Å². The Hall–Kier alpha value is -3.29. The molecule has 29 heavy (non-hydrogen) atoms. The van der Waals surface area contributed by atoms with Gasteiger partial charge in [0.15, 0.2) is 5.78 Å². The summed E-state index contributed by atoms with van der Waals surface area (Å²) < 4.78 is 13.4. The lowest BCUT2D eigenvalue weighted by Crippen LogP contribution is -2.44. The van der Waals surface area contributed by atoms with Gasteiger partial charge in [-0.1, -0.05) is 0 Å². The largest absolute Gasteiger partial charge is 0.497 e. The molecule has 8 heteroatoms. The SMILES string of the molecule is COc1ccc(OC)c([C@@H]2C3=C(CCCC3=O)Nc3c2c(=O)n(C)c(=O)n3C)c1. The van der Waals surface area contributed by atoms with E-state index in [-0.39, 0.29) is 5.78 Å². The number of Topliss-reactive ketones (excluding diaryl/α,β-unsaturated/α-hetero) is 1. The summed E-state index contributed by atoms with van der Waals surface area (Å²) in [6, 6.07) is 5.31. The van der Waals surface area contributed by atoms with Crippen LogP contribution in [-0.2, 0) is 18.9 Å². The standard InChI is InChI=1S/C21H23N3O5/c1-23-19-18(20(26)24(2)21(23)27)16(17-13(22-19)6-5-7-14(17)25)12-10-11(28-3)8-9-15(12)29-4/h8-10,16,22H,5-7H2,1-4H3/t16-/m1/s1. The zero-order chi connectivity index (χ0) is 20.9. The molecule has 2 aromatic rings. The van der Waals surface area contributed by atoms with E-state index in [0.29, 0.717) is 46.9 Å². The third-order valence-electron chi connectivity index (χ3n) is 5.75. The zero-order valence-electron chi connectivity index (χ0n) is 16.9. The quantitative estimate of drug-likeness (QED) is 0.847. The number of benzene rings is 1. The maximum atomic E-state index is 13.2. The molecular weight excluding hydrogens is 374 g/mol. The summed E-state index contributed by atoms with van der Waals surface area (Å²) in [4.78, 5) is 38.7. The predicted molar refractivity (Wildman–Crippen MR) is 108 cm³/mol. The first-order valence-corrected chi connectivity index (χ1v) is 9.44. The molecule has 1 aliphatic heterocycles. The minimum absolute atomic E-state index is 0.00446. The minimum atomic E-state index is -0.649. The van der Waals surface area contributed by atoms with Crippen molar-refractivity contribution in [2.45, 2.75) is 25.2 Å². The number of nitrogens with one attached hydrogen (secondary N) is 1. The number of nitrogens with zero attached hydrogens (tertiary/aromatic N) is 2. The zero-order valence-corrected chi connectivity index (χ0v) is 16.9. The molecule has 0 saturated carbocycles. The van der Waals surface area contributed by atoms with Crippen LogP contribution in [-0.4, -0.2) is 29.1 Å². The molecule has 0 amide bonds. The van der Waals surface area contributed by atoms with E-state index in [1.165, 1.54) is 11.6 Å². The van der Waals surface area contributed by atoms with Crippen molar-refractivity contribution in [3.05, 3.63) is 61.4 Å². The molecule has 152 valence electrons. The van der Waals surface area contributed by atoms with Gasteiger partial charge in [0.1, 0.15) is 17.3 Å². The molecule has 0 unspecified atom stereocenters. The van der Waals surface area contributed by atoms with E-state index >= 15 is 0 Å². The number of ether oxygens (including phenoxy) is 2. The molecule has 4 rings (SSSR count). The highest BCUT2D eigenvalue weighted by Gasteiger charge is 2.40. The van der Waals surface area contributed by atoms with E-state index in [1.54, 1.807) is 39.5 Å². The van der Waals surface area contributed by atoms with Crippen molar-refractivity contribution in [2.75, 3.05) is 19.5 Å². The first kappa shape index (κ1) is 19.0. The van der Waals surface area contributed by atoms with Gasteiger partial charge in [0.05, 0.1) is 25.7 Å². The van der Waals surface area contributed by atoms with Crippen LogP contribution in [0.2, 0.25) is 0 Å². The molecule has 1 atom stereocenters. The van der Waals surface area contributed by atoms with Crippen molar-refractivity contribution in [1.82, 2.24) is 9.13 Å². The van der Waals surface area contributed by atoms with Crippen LogP contribution in [0, 0.1) is 0 Å². The van der Waals surface area contributed by atoms with Crippen LogP contribution in [0.3, 0.4) is 0 Å². The lowest BCUT2D eigenvalue weighted by molar-refractivity contribution is -0.116. The molecule has 0 radical (unpaired) electrons. The van der Waals surface area contributed by atoms with Crippen molar-refractivity contribution in [2.24, 2.45) is 14.1 Å². The maximum absolute atomic E-state index is 13.2. The topological polar surface area (TPSA) is 91.6 Å². The van der Waals surface area contributed by atoms with Gasteiger partial charge in [-0.3, -0.25) is 18.7 Å². The molecule has 1 aliphatic carbocycles. The summed E-state index contributed by atoms with van der Waals surface area (Å²) >= 11 is 0. The Bertz CT molecular complexity index is 1170. The number of hydrogen-bond acceptors (Lipinski definition) is 6. The maximum Gasteiger partial charge on any atom is 0.332 e. The second-order valence-corrected chi connectivity index (χ2v) is 7.30. The van der Waals surface area contributed by atoms with E-state index in [0.717, 1.165) is 16.7 Å². The van der Waals surface area contributed by atoms with Crippen LogP contribution in [0.5, 0.6) is 11.5 Å². The highest BCUT2D eigenvalue weighted by molar-refractivity contribution is 6.01. The highest BCUT2D eigenvalue weighted by Crippen LogP contribution is 2.46. The van der Waals surface area contributed by atoms with E-state index in [2.05, 4.69) is 5.32 Å². The monoisotopic (exact) mass is 397 g/mol. The second-order valence-electron chi connectivity index (χ2n) is 7.30. The molecule has 2 heterocycles. The van der Waals surface area contributed by atoms with Gasteiger partial charge in [0.2, 0.25) is 0 Å². The number of carbonyl (C=O) groups is 1. The van der Waals surface area contributed by atoms with Crippen LogP contribution in [0.25, 0.3) is 0 Å². The molecule has 0 spiro atoms. The number of allylic oxidation sites excluding steroid dienone is 2. The van der Waals surface area contributed by atoms with Crippen molar-refractivity contribution in [1.29, 1.82) is 0 Å². The van der Waals surface area contributed by atoms with Gasteiger partial charge in [-0.15, -0.1) is 0 Å². The number of fused-ring (bicyclic) bond motifs is 1. The van der Waals surface area contributed by atoms with Gasteiger partial charge in [0, 0.05) is 37.3 Å². The average molecular weight is 397 g/mol. The van der Waals surface area contributed by atoms with Crippen molar-refractivity contribution in [3.8, 4) is 11.5 Å². The Morgan fingerprint density at radius 1 is 1.03 bits per heavy atom. The molecule has 0 bridgehead atoms. The van der Waals surface area contributed by atoms with E-state index < -0.39 is 17.2 Å². The second kappa shape index (κ2) is 6.95. The predicted octanol–water partition coefficient (Wildman–Crippen LogP) is 1.67. The lowest BCUT2D eigenvalue weighted by Gasteiger charge is -2.34. The fourth-order valence-electron chi connectivity index (χ4n) is 4.27. The lowest BCUT2D eigenvalue weighted by atomic mass is 9.76. The minimum Gasteiger partial charge on any atom is -0.497 e. The van der Waals surface area contributed by atoms with Crippen molar-refractivity contribution in [3.63, 3.8) is 0 Å². The first-order chi connectivity index (χ1) is 13.9. The first-order valence-electron chi connectivity index (χ1n) is 9.44. The Kier molecular flexibility index (Phi) is 4.56. The number of ketones is 1. The molecule has 1 aromatic heterocycles. The molecule has 2 aliphatic rings. The average Bonchev–Trinajstić information content (AvgIpc) is 2.74. The number of hydrogen-bond donors (Lipinski definition) is 1. The van der Waals surface area contributed by atoms with Gasteiger partial charge in [-0.2, -0.15) is 0 Å². The van der Waals surface area contributed by atoms with Crippen LogP contribution < -0.4 is 26.0 Å². The number of anilines is 1. The van der Waals surface area contributed by atoms with E-state index in [1.807, 2.05) is 0 Å². The van der Waals surface area contributed by atoms with E-state index in [9.17, 15) is 14.4 Å². The third-order valence-corrected chi connectivity index (χ3v) is 5.75. The molecule has 1 N–H and O–H groups in total. The van der Waals surface area contributed by atoms with Crippen LogP contribution in [0.15, 0.2) is 39.1 Å². The van der Waals surface area contributed by atoms with Gasteiger partial charge >= 0.3 is 5.69 Å². The van der Waals surface area contributed by atoms with Crippen LogP contribution in [0.4, 0.5) is 5.82 Å². The fourth-order valence-corrected chi connectivity index (χ4v) is 4.27. The molecule has 1 aromatic carbocycles. The highest BCUT2D eigenvalue weighted by atomic mass is 16.5. The number of carbonyl (C=O) groups excluding carboxylic acids is 1. The fraction of sp³-hybridized carbons (Fsp3) is 0.381. The van der Waals surface area contributed by atoms with E-state index in [4.69, 9.17) is 9.47 Å². The molecule has 0 saturated heterocycles. The smallest absolute Gasteiger partial charge is 0.332 e. The summed E-state index contributed by atoms with van der Waals surface area (Å²) in [6.45, 7) is 0. The summed E-state index contributed by atoms with van der Waals surface area (Å²) in [7, 11) is 6.16. The summed E-state index contributed by atoms with van der Waals surface area (Å²) in [6.07, 6.45) is 1.82. The van der Waals surface area contributed by atoms with Crippen LogP contribution in [0.1, 0.15) is 36.3 Å². The van der Waals surface area contributed by atoms with Crippen molar-refractivity contribution < 1.29 is 14.3 Å². The molecule has 8 nitrogen and oxygen atoms in total. The molecule has 0 fully saturated rings. The Morgan fingerprint density at radius 2 is 1.79 bits per heavy atom. The Labute approximate surface area is 167 Å². The third kappa shape index (κ3) is 2.78. The van der Waals surface area contributed by atoms with Gasteiger partial charge in [-0.05, 0) is 31.0 Å². The normalized spacial score (nSPS) is 18.1. The summed E-state index contributed by atoms with van der Waals surface area (Å²) in [5.41, 5.74) is 1.47. The number of aromatic nitrogens is 2. The number of methoxy groups -OCH3 is 2. The van der Waals surface area contributed by atoms with Crippen LogP contribution >= 0.6 is 0 Å². The summed E-state index contributed by atoms with van der Waals surface area (Å²) in [5.74, 6) is 0.902. The molecular formula is C21H23N3O5. The summed E-state index contributed by atoms with van der Waals surface area (Å²) in [5, 5.41) is 3.21.